The summed E-state index contributed by atoms with van der Waals surface area (Å²) in [4.78, 5) is 51.0. The van der Waals surface area contributed by atoms with Gasteiger partial charge >= 0.3 is 5.97 Å². The Labute approximate surface area is 193 Å². The van der Waals surface area contributed by atoms with E-state index in [9.17, 15) is 19.2 Å². The van der Waals surface area contributed by atoms with Gasteiger partial charge in [-0.2, -0.15) is 0 Å². The fourth-order valence-electron chi connectivity index (χ4n) is 3.65. The number of fused-ring (bicyclic) bond motifs is 2. The van der Waals surface area contributed by atoms with Crippen LogP contribution in [0.2, 0.25) is 0 Å². The lowest BCUT2D eigenvalue weighted by Crippen LogP contribution is -2.28. The van der Waals surface area contributed by atoms with Gasteiger partial charge in [0, 0.05) is 11.8 Å². The van der Waals surface area contributed by atoms with Gasteiger partial charge in [-0.25, -0.2) is 4.79 Å². The zero-order valence-electron chi connectivity index (χ0n) is 17.7. The number of hydrogen-bond acceptors (Lipinski definition) is 8. The van der Waals surface area contributed by atoms with Crippen molar-refractivity contribution in [3.63, 3.8) is 0 Å². The zero-order chi connectivity index (χ0) is 23.7. The van der Waals surface area contributed by atoms with E-state index in [0.717, 1.165) is 4.90 Å². The Bertz CT molecular complexity index is 1300. The lowest BCUT2D eigenvalue weighted by atomic mass is 10.1. The first-order valence-corrected chi connectivity index (χ1v) is 10.4. The van der Waals surface area contributed by atoms with Crippen molar-refractivity contribution in [2.75, 3.05) is 25.1 Å². The van der Waals surface area contributed by atoms with Gasteiger partial charge in [-0.05, 0) is 42.5 Å². The molecule has 0 fully saturated rings. The molecule has 0 unspecified atom stereocenters. The van der Waals surface area contributed by atoms with Crippen LogP contribution in [0.3, 0.4) is 0 Å². The van der Waals surface area contributed by atoms with E-state index in [1.54, 1.807) is 30.3 Å². The van der Waals surface area contributed by atoms with Crippen molar-refractivity contribution in [3.8, 4) is 11.5 Å². The van der Waals surface area contributed by atoms with E-state index < -0.39 is 30.3 Å². The highest BCUT2D eigenvalue weighted by Gasteiger charge is 2.36. The van der Waals surface area contributed by atoms with Crippen LogP contribution in [-0.4, -0.2) is 48.4 Å². The number of furan rings is 1. The lowest BCUT2D eigenvalue weighted by Gasteiger charge is -2.19. The minimum atomic E-state index is -0.801. The van der Waals surface area contributed by atoms with E-state index in [0.29, 0.717) is 36.2 Å². The maximum absolute atomic E-state index is 12.7. The average molecular weight is 462 g/mol. The highest BCUT2D eigenvalue weighted by molar-refractivity contribution is 6.21. The van der Waals surface area contributed by atoms with Gasteiger partial charge in [-0.1, -0.05) is 0 Å². The topological polar surface area (TPSA) is 124 Å². The summed E-state index contributed by atoms with van der Waals surface area (Å²) in [5.41, 5.74) is 0.784. The molecule has 2 aliphatic heterocycles. The van der Waals surface area contributed by atoms with E-state index >= 15 is 0 Å². The number of nitrogens with zero attached hydrogens (tertiary/aromatic N) is 1. The third-order valence-electron chi connectivity index (χ3n) is 5.26. The Morgan fingerprint density at radius 1 is 0.941 bits per heavy atom. The van der Waals surface area contributed by atoms with Crippen LogP contribution >= 0.6 is 0 Å². The van der Waals surface area contributed by atoms with Crippen molar-refractivity contribution in [2.45, 2.75) is 6.54 Å². The molecule has 0 radical (unpaired) electrons. The molecule has 1 N–H and O–H groups in total. The molecule has 34 heavy (non-hydrogen) atoms. The van der Waals surface area contributed by atoms with E-state index in [2.05, 4.69) is 5.32 Å². The van der Waals surface area contributed by atoms with Crippen molar-refractivity contribution in [1.82, 2.24) is 4.90 Å². The number of nitrogens with one attached hydrogen (secondary N) is 1. The molecule has 10 heteroatoms. The van der Waals surface area contributed by atoms with Crippen LogP contribution in [0.25, 0.3) is 0 Å². The maximum atomic E-state index is 12.7. The minimum Gasteiger partial charge on any atom is -0.486 e. The fraction of sp³-hybridized carbons (Fsp3) is 0.167. The third kappa shape index (κ3) is 4.08. The first-order chi connectivity index (χ1) is 16.5. The molecule has 0 spiro atoms. The van der Waals surface area contributed by atoms with Gasteiger partial charge in [0.1, 0.15) is 19.0 Å². The molecule has 0 atom stereocenters. The van der Waals surface area contributed by atoms with E-state index in [1.807, 2.05) is 0 Å². The number of benzene rings is 2. The highest BCUT2D eigenvalue weighted by atomic mass is 16.6. The van der Waals surface area contributed by atoms with Gasteiger partial charge in [-0.3, -0.25) is 19.3 Å². The first-order valence-electron chi connectivity index (χ1n) is 10.4. The second-order valence-corrected chi connectivity index (χ2v) is 7.52. The molecule has 172 valence electrons. The summed E-state index contributed by atoms with van der Waals surface area (Å²) < 4.78 is 21.2. The third-order valence-corrected chi connectivity index (χ3v) is 5.26. The zero-order valence-corrected chi connectivity index (χ0v) is 17.7. The van der Waals surface area contributed by atoms with Crippen LogP contribution in [0.15, 0.2) is 59.2 Å². The van der Waals surface area contributed by atoms with Crippen LogP contribution in [-0.2, 0) is 16.1 Å². The highest BCUT2D eigenvalue weighted by Crippen LogP contribution is 2.32. The van der Waals surface area contributed by atoms with Gasteiger partial charge in [0.15, 0.2) is 18.1 Å². The molecule has 0 bridgehead atoms. The Morgan fingerprint density at radius 3 is 2.53 bits per heavy atom. The quantitative estimate of drug-likeness (QED) is 0.438. The Hall–Kier alpha value is -4.60. The molecule has 0 saturated carbocycles. The standard InChI is InChI=1S/C24H18N2O8/c27-21(25-15-4-6-19-20(11-15)33-9-8-32-19)13-34-24(30)14-3-5-17-18(10-14)23(29)26(22(17)28)12-16-2-1-7-31-16/h1-7,10-11H,8-9,12-13H2,(H,25,27). The van der Waals surface area contributed by atoms with Gasteiger partial charge in [0.25, 0.3) is 17.7 Å². The second-order valence-electron chi connectivity index (χ2n) is 7.52. The molecule has 10 nitrogen and oxygen atoms in total. The molecule has 2 aliphatic rings. The summed E-state index contributed by atoms with van der Waals surface area (Å²) in [6.45, 7) is 0.317. The molecule has 1 aromatic heterocycles. The number of carbonyl (C=O) groups excluding carboxylic acids is 4. The molecule has 2 aromatic carbocycles. The number of ether oxygens (including phenoxy) is 3. The van der Waals surface area contributed by atoms with Crippen molar-refractivity contribution in [1.29, 1.82) is 0 Å². The van der Waals surface area contributed by atoms with Gasteiger partial charge < -0.3 is 23.9 Å². The Kier molecular flexibility index (Phi) is 5.46. The molecule has 0 aliphatic carbocycles. The predicted octanol–water partition coefficient (Wildman–Crippen LogP) is 2.64. The lowest BCUT2D eigenvalue weighted by molar-refractivity contribution is -0.119. The minimum absolute atomic E-state index is 0.0147. The molecule has 0 saturated heterocycles. The van der Waals surface area contributed by atoms with Crippen molar-refractivity contribution >= 4 is 29.4 Å². The first kappa shape index (κ1) is 21.3. The van der Waals surface area contributed by atoms with Crippen LogP contribution in [0.5, 0.6) is 11.5 Å². The molecule has 3 heterocycles. The molecule has 3 amide bonds. The number of esters is 1. The normalized spacial score (nSPS) is 14.1. The van der Waals surface area contributed by atoms with Crippen molar-refractivity contribution < 1.29 is 37.8 Å². The van der Waals surface area contributed by atoms with Gasteiger partial charge in [0.2, 0.25) is 0 Å². The summed E-state index contributed by atoms with van der Waals surface area (Å²) in [5, 5.41) is 2.61. The van der Waals surface area contributed by atoms with Gasteiger partial charge in [-0.15, -0.1) is 0 Å². The number of anilines is 1. The van der Waals surface area contributed by atoms with Crippen LogP contribution in [0, 0.1) is 0 Å². The molecule has 3 aromatic rings. The summed E-state index contributed by atoms with van der Waals surface area (Å²) in [6.07, 6.45) is 1.45. The molecular weight excluding hydrogens is 444 g/mol. The molecule has 5 rings (SSSR count). The summed E-state index contributed by atoms with van der Waals surface area (Å²) in [5.74, 6) is -0.815. The number of rotatable bonds is 6. The van der Waals surface area contributed by atoms with Gasteiger partial charge in [0.05, 0.1) is 29.5 Å². The second kappa shape index (κ2) is 8.74. The van der Waals surface area contributed by atoms with Crippen LogP contribution < -0.4 is 14.8 Å². The van der Waals surface area contributed by atoms with E-state index in [-0.39, 0.29) is 23.2 Å². The largest absolute Gasteiger partial charge is 0.486 e. The van der Waals surface area contributed by atoms with E-state index in [4.69, 9.17) is 18.6 Å². The Morgan fingerprint density at radius 2 is 1.74 bits per heavy atom. The molecular formula is C24H18N2O8. The van der Waals surface area contributed by atoms with Crippen molar-refractivity contribution in [2.24, 2.45) is 0 Å². The number of imide groups is 1. The average Bonchev–Trinajstić information content (AvgIpc) is 3.45. The Balaban J connectivity index is 1.21. The monoisotopic (exact) mass is 462 g/mol. The van der Waals surface area contributed by atoms with Crippen LogP contribution in [0.1, 0.15) is 36.8 Å². The SMILES string of the molecule is O=C(COC(=O)c1ccc2c(c1)C(=O)N(Cc1ccco1)C2=O)Nc1ccc2c(c1)OCCO2. The summed E-state index contributed by atoms with van der Waals surface area (Å²) in [7, 11) is 0. The fourth-order valence-corrected chi connectivity index (χ4v) is 3.65. The van der Waals surface area contributed by atoms with Crippen LogP contribution in [0.4, 0.5) is 5.69 Å². The summed E-state index contributed by atoms with van der Waals surface area (Å²) >= 11 is 0. The number of hydrogen-bond donors (Lipinski definition) is 1. The summed E-state index contributed by atoms with van der Waals surface area (Å²) in [6, 6.07) is 12.3. The number of carbonyl (C=O) groups is 4. The van der Waals surface area contributed by atoms with E-state index in [1.165, 1.54) is 24.5 Å². The smallest absolute Gasteiger partial charge is 0.338 e. The van der Waals surface area contributed by atoms with Crippen molar-refractivity contribution in [3.05, 3.63) is 77.2 Å². The predicted molar refractivity (Wildman–Crippen MR) is 116 cm³/mol. The maximum Gasteiger partial charge on any atom is 0.338 e. The number of amides is 3.